The summed E-state index contributed by atoms with van der Waals surface area (Å²) in [7, 11) is -3.36. The maximum atomic E-state index is 12.2. The molecule has 2 aromatic rings. The lowest BCUT2D eigenvalue weighted by Crippen LogP contribution is -2.15. The molecule has 0 aliphatic heterocycles. The number of rotatable bonds is 4. The van der Waals surface area contributed by atoms with Gasteiger partial charge in [0.1, 0.15) is 12.7 Å². The van der Waals surface area contributed by atoms with Gasteiger partial charge in [-0.15, -0.1) is 0 Å². The first-order valence-corrected chi connectivity index (χ1v) is 7.28. The van der Waals surface area contributed by atoms with Crippen LogP contribution in [0.4, 0.5) is 11.6 Å². The summed E-state index contributed by atoms with van der Waals surface area (Å²) < 4.78 is 24.5. The summed E-state index contributed by atoms with van der Waals surface area (Å²) in [5.41, 5.74) is 0.461. The van der Waals surface area contributed by atoms with Crippen molar-refractivity contribution in [1.29, 1.82) is 0 Å². The third-order valence-electron chi connectivity index (χ3n) is 2.55. The largest absolute Gasteiger partial charge is 0.323 e. The molecule has 0 amide bonds. The number of aromatic nitrogens is 3. The number of hydrogen-bond donors (Lipinski definition) is 1. The zero-order valence-electron chi connectivity index (χ0n) is 10.6. The molecule has 7 heteroatoms. The summed E-state index contributed by atoms with van der Waals surface area (Å²) in [6.45, 7) is 3.30. The van der Waals surface area contributed by atoms with Crippen LogP contribution in [-0.2, 0) is 9.84 Å². The topological polar surface area (TPSA) is 84.8 Å². The number of nitrogens with one attached hydrogen (secondary N) is 1. The van der Waals surface area contributed by atoms with Crippen molar-refractivity contribution >= 4 is 21.5 Å². The zero-order chi connectivity index (χ0) is 13.9. The smallest absolute Gasteiger partial charge is 0.230 e. The van der Waals surface area contributed by atoms with E-state index >= 15 is 0 Å². The second-order valence-corrected chi connectivity index (χ2v) is 6.65. The van der Waals surface area contributed by atoms with E-state index in [0.717, 1.165) is 0 Å². The van der Waals surface area contributed by atoms with Crippen LogP contribution in [0.15, 0.2) is 41.8 Å². The van der Waals surface area contributed by atoms with E-state index in [1.165, 1.54) is 12.7 Å². The number of benzene rings is 1. The highest BCUT2D eigenvalue weighted by molar-refractivity contribution is 7.92. The molecule has 0 saturated carbocycles. The molecule has 0 unspecified atom stereocenters. The number of nitrogens with zero attached hydrogens (tertiary/aromatic N) is 3. The van der Waals surface area contributed by atoms with Gasteiger partial charge < -0.3 is 5.32 Å². The zero-order valence-corrected chi connectivity index (χ0v) is 11.4. The number of para-hydroxylation sites is 1. The van der Waals surface area contributed by atoms with Crippen molar-refractivity contribution in [2.24, 2.45) is 0 Å². The molecule has 0 radical (unpaired) electrons. The molecule has 0 bridgehead atoms. The molecule has 6 nitrogen and oxygen atoms in total. The number of anilines is 2. The van der Waals surface area contributed by atoms with Crippen molar-refractivity contribution in [3.05, 3.63) is 36.9 Å². The average molecular weight is 278 g/mol. The van der Waals surface area contributed by atoms with Gasteiger partial charge in [0.15, 0.2) is 9.84 Å². The Morgan fingerprint density at radius 2 is 1.74 bits per heavy atom. The fraction of sp³-hybridized carbons (Fsp3) is 0.250. The number of hydrogen-bond acceptors (Lipinski definition) is 6. The van der Waals surface area contributed by atoms with Crippen LogP contribution in [0.25, 0.3) is 0 Å². The van der Waals surface area contributed by atoms with Crippen molar-refractivity contribution in [3.8, 4) is 0 Å². The minimum atomic E-state index is -3.36. The first kappa shape index (κ1) is 13.4. The molecule has 0 aliphatic rings. The maximum Gasteiger partial charge on any atom is 0.230 e. The molecular weight excluding hydrogens is 264 g/mol. The molecular formula is C12H14N4O2S. The van der Waals surface area contributed by atoms with Crippen LogP contribution in [0.1, 0.15) is 13.8 Å². The number of sulfone groups is 1. The van der Waals surface area contributed by atoms with Gasteiger partial charge in [-0.05, 0) is 26.0 Å². The van der Waals surface area contributed by atoms with E-state index in [1.54, 1.807) is 38.1 Å². The van der Waals surface area contributed by atoms with Crippen molar-refractivity contribution in [2.75, 3.05) is 5.32 Å². The van der Waals surface area contributed by atoms with Crippen molar-refractivity contribution in [3.63, 3.8) is 0 Å². The Balaban J connectivity index is 2.43. The maximum absolute atomic E-state index is 12.2. The first-order chi connectivity index (χ1) is 9.01. The summed E-state index contributed by atoms with van der Waals surface area (Å²) in [6.07, 6.45) is 2.68. The second-order valence-electron chi connectivity index (χ2n) is 4.18. The third kappa shape index (κ3) is 2.87. The van der Waals surface area contributed by atoms with Gasteiger partial charge in [0.05, 0.1) is 15.8 Å². The fourth-order valence-corrected chi connectivity index (χ4v) is 2.70. The Hall–Kier alpha value is -2.02. The van der Waals surface area contributed by atoms with E-state index in [0.29, 0.717) is 11.6 Å². The SMILES string of the molecule is CC(C)S(=O)(=O)c1ccccc1Nc1ncncn1. The third-order valence-corrected chi connectivity index (χ3v) is 4.76. The Labute approximate surface area is 111 Å². The molecule has 0 saturated heterocycles. The van der Waals surface area contributed by atoms with Crippen LogP contribution in [0.5, 0.6) is 0 Å². The Kier molecular flexibility index (Phi) is 3.75. The Bertz CT molecular complexity index is 656. The van der Waals surface area contributed by atoms with Crippen LogP contribution in [0, 0.1) is 0 Å². The molecule has 1 aromatic heterocycles. The van der Waals surface area contributed by atoms with E-state index in [4.69, 9.17) is 0 Å². The Morgan fingerprint density at radius 1 is 1.11 bits per heavy atom. The van der Waals surface area contributed by atoms with Crippen molar-refractivity contribution in [2.45, 2.75) is 24.0 Å². The summed E-state index contributed by atoms with van der Waals surface area (Å²) in [6, 6.07) is 6.69. The summed E-state index contributed by atoms with van der Waals surface area (Å²) in [5, 5.41) is 2.40. The molecule has 0 fully saturated rings. The fourth-order valence-electron chi connectivity index (χ4n) is 1.50. The first-order valence-electron chi connectivity index (χ1n) is 5.74. The minimum absolute atomic E-state index is 0.241. The molecule has 100 valence electrons. The van der Waals surface area contributed by atoms with E-state index in [2.05, 4.69) is 20.3 Å². The van der Waals surface area contributed by atoms with Crippen molar-refractivity contribution < 1.29 is 8.42 Å². The van der Waals surface area contributed by atoms with Gasteiger partial charge in [0, 0.05) is 0 Å². The van der Waals surface area contributed by atoms with Crippen LogP contribution in [0.3, 0.4) is 0 Å². The lowest BCUT2D eigenvalue weighted by atomic mass is 10.3. The molecule has 1 aromatic carbocycles. The lowest BCUT2D eigenvalue weighted by Gasteiger charge is -2.13. The van der Waals surface area contributed by atoms with Gasteiger partial charge in [-0.1, -0.05) is 12.1 Å². The normalized spacial score (nSPS) is 11.5. The van der Waals surface area contributed by atoms with Crippen LogP contribution in [-0.4, -0.2) is 28.6 Å². The standard InChI is InChI=1S/C12H14N4O2S/c1-9(2)19(17,18)11-6-4-3-5-10(11)16-12-14-7-13-8-15-12/h3-9H,1-2H3,(H,13,14,15,16). The van der Waals surface area contributed by atoms with Gasteiger partial charge in [-0.2, -0.15) is 0 Å². The van der Waals surface area contributed by atoms with Gasteiger partial charge in [-0.25, -0.2) is 23.4 Å². The van der Waals surface area contributed by atoms with Crippen LogP contribution >= 0.6 is 0 Å². The van der Waals surface area contributed by atoms with E-state index in [-0.39, 0.29) is 4.90 Å². The Morgan fingerprint density at radius 3 is 2.37 bits per heavy atom. The van der Waals surface area contributed by atoms with Gasteiger partial charge in [0.25, 0.3) is 0 Å². The van der Waals surface area contributed by atoms with Crippen LogP contribution in [0.2, 0.25) is 0 Å². The highest BCUT2D eigenvalue weighted by Gasteiger charge is 2.22. The van der Waals surface area contributed by atoms with Crippen molar-refractivity contribution in [1.82, 2.24) is 15.0 Å². The summed E-state index contributed by atoms with van der Waals surface area (Å²) in [5.74, 6) is 0.307. The van der Waals surface area contributed by atoms with E-state index in [1.807, 2.05) is 0 Å². The molecule has 1 heterocycles. The lowest BCUT2D eigenvalue weighted by molar-refractivity contribution is 0.588. The predicted molar refractivity (Wildman–Crippen MR) is 71.9 cm³/mol. The second kappa shape index (κ2) is 5.31. The van der Waals surface area contributed by atoms with E-state index < -0.39 is 15.1 Å². The monoisotopic (exact) mass is 278 g/mol. The highest BCUT2D eigenvalue weighted by atomic mass is 32.2. The predicted octanol–water partition coefficient (Wildman–Crippen LogP) is 1.80. The minimum Gasteiger partial charge on any atom is -0.323 e. The van der Waals surface area contributed by atoms with Gasteiger partial charge >= 0.3 is 0 Å². The molecule has 0 spiro atoms. The highest BCUT2D eigenvalue weighted by Crippen LogP contribution is 2.26. The average Bonchev–Trinajstić information content (AvgIpc) is 2.40. The molecule has 0 atom stereocenters. The molecule has 19 heavy (non-hydrogen) atoms. The quantitative estimate of drug-likeness (QED) is 0.918. The van der Waals surface area contributed by atoms with Gasteiger partial charge in [-0.3, -0.25) is 0 Å². The summed E-state index contributed by atoms with van der Waals surface area (Å²) in [4.78, 5) is 11.8. The molecule has 2 rings (SSSR count). The summed E-state index contributed by atoms with van der Waals surface area (Å²) >= 11 is 0. The molecule has 0 aliphatic carbocycles. The van der Waals surface area contributed by atoms with E-state index in [9.17, 15) is 8.42 Å². The van der Waals surface area contributed by atoms with Gasteiger partial charge in [0.2, 0.25) is 5.95 Å². The van der Waals surface area contributed by atoms with Crippen LogP contribution < -0.4 is 5.32 Å². The molecule has 1 N–H and O–H groups in total.